The first-order valence-electron chi connectivity index (χ1n) is 10.0. The second kappa shape index (κ2) is 10.6. The average Bonchev–Trinajstić information content (AvgIpc) is 2.72. The number of fused-ring (bicyclic) bond motifs is 2. The van der Waals surface area contributed by atoms with Gasteiger partial charge < -0.3 is 19.5 Å². The van der Waals surface area contributed by atoms with Gasteiger partial charge in [0.1, 0.15) is 11.5 Å². The minimum atomic E-state index is -0.709. The molecule has 0 radical (unpaired) electrons. The molecule has 0 aliphatic carbocycles. The number of aliphatic carboxylic acids is 1. The predicted octanol–water partition coefficient (Wildman–Crippen LogP) is 5.76. The molecule has 0 spiro atoms. The molecule has 0 bridgehead atoms. The molecule has 5 nitrogen and oxygen atoms in total. The normalized spacial score (nSPS) is 18.3. The van der Waals surface area contributed by atoms with Crippen LogP contribution in [-0.4, -0.2) is 42.4 Å². The van der Waals surface area contributed by atoms with Crippen LogP contribution in [0.4, 0.5) is 0 Å². The van der Waals surface area contributed by atoms with Crippen LogP contribution in [0, 0.1) is 5.92 Å². The summed E-state index contributed by atoms with van der Waals surface area (Å²) in [6.45, 7) is 2.39. The second-order valence-corrected chi connectivity index (χ2v) is 8.44. The van der Waals surface area contributed by atoms with Crippen LogP contribution in [0.3, 0.4) is 0 Å². The minimum Gasteiger partial charge on any atom is -0.481 e. The monoisotopic (exact) mass is 483 g/mol. The van der Waals surface area contributed by atoms with Crippen molar-refractivity contribution < 1.29 is 19.4 Å². The zero-order valence-electron chi connectivity index (χ0n) is 16.9. The lowest BCUT2D eigenvalue weighted by Crippen LogP contribution is -2.39. The van der Waals surface area contributed by atoms with Crippen LogP contribution < -0.4 is 9.47 Å². The van der Waals surface area contributed by atoms with Crippen LogP contribution in [0.5, 0.6) is 11.5 Å². The molecule has 166 valence electrons. The number of halogens is 3. The van der Waals surface area contributed by atoms with Gasteiger partial charge in [0, 0.05) is 34.3 Å². The molecule has 1 N–H and O–H groups in total. The van der Waals surface area contributed by atoms with Crippen molar-refractivity contribution in [3.8, 4) is 11.5 Å². The highest BCUT2D eigenvalue weighted by molar-refractivity contribution is 6.31. The van der Waals surface area contributed by atoms with Crippen molar-refractivity contribution in [2.24, 2.45) is 5.92 Å². The van der Waals surface area contributed by atoms with Crippen LogP contribution in [0.2, 0.25) is 10.0 Å². The summed E-state index contributed by atoms with van der Waals surface area (Å²) in [5, 5.41) is 10.6. The summed E-state index contributed by atoms with van der Waals surface area (Å²) in [7, 11) is 0. The lowest BCUT2D eigenvalue weighted by Gasteiger charge is -2.30. The maximum Gasteiger partial charge on any atom is 0.307 e. The third-order valence-electron chi connectivity index (χ3n) is 5.54. The van der Waals surface area contributed by atoms with E-state index >= 15 is 0 Å². The van der Waals surface area contributed by atoms with Gasteiger partial charge in [-0.25, -0.2) is 0 Å². The molecule has 0 saturated carbocycles. The Kier molecular flexibility index (Phi) is 8.11. The van der Waals surface area contributed by atoms with Gasteiger partial charge in [-0.3, -0.25) is 4.79 Å². The molecular weight excluding hydrogens is 461 g/mol. The van der Waals surface area contributed by atoms with Crippen molar-refractivity contribution >= 4 is 47.2 Å². The van der Waals surface area contributed by atoms with Crippen molar-refractivity contribution in [3.63, 3.8) is 0 Å². The van der Waals surface area contributed by atoms with Gasteiger partial charge in [0.25, 0.3) is 0 Å². The molecule has 31 heavy (non-hydrogen) atoms. The first kappa shape index (κ1) is 23.7. The highest BCUT2D eigenvalue weighted by atomic mass is 35.5. The fourth-order valence-electron chi connectivity index (χ4n) is 4.05. The van der Waals surface area contributed by atoms with Gasteiger partial charge in [-0.2, -0.15) is 0 Å². The van der Waals surface area contributed by atoms with Gasteiger partial charge >= 0.3 is 5.97 Å². The zero-order valence-corrected chi connectivity index (χ0v) is 19.2. The summed E-state index contributed by atoms with van der Waals surface area (Å²) < 4.78 is 11.6. The Labute approximate surface area is 198 Å². The zero-order chi connectivity index (χ0) is 21.1. The van der Waals surface area contributed by atoms with E-state index in [1.807, 2.05) is 24.3 Å². The smallest absolute Gasteiger partial charge is 0.307 e. The average molecular weight is 485 g/mol. The van der Waals surface area contributed by atoms with E-state index in [1.165, 1.54) is 0 Å². The minimum absolute atomic E-state index is 0. The van der Waals surface area contributed by atoms with Gasteiger partial charge in [0.15, 0.2) is 0 Å². The first-order valence-corrected chi connectivity index (χ1v) is 10.8. The number of nitrogens with zero attached hydrogens (tertiary/aromatic N) is 1. The summed E-state index contributed by atoms with van der Waals surface area (Å²) in [4.78, 5) is 13.6. The third-order valence-corrected chi connectivity index (χ3v) is 6.01. The van der Waals surface area contributed by atoms with E-state index in [0.717, 1.165) is 49.1 Å². The number of likely N-dealkylation sites (tertiary alicyclic amines) is 1. The largest absolute Gasteiger partial charge is 0.481 e. The Balaban J connectivity index is 0.00000272. The maximum atomic E-state index is 11.3. The quantitative estimate of drug-likeness (QED) is 0.598. The number of hydrogen-bond donors (Lipinski definition) is 1. The predicted molar refractivity (Wildman–Crippen MR) is 125 cm³/mol. The molecule has 2 aromatic rings. The standard InChI is InChI=1S/C23H23Cl2NO4.ClH/c24-16-5-7-21-19(11-16)18(20-12-17(25)6-8-22(20)30-14-29-21)4-2-10-26-9-1-3-15(13-26)23(27)28;/h4-8,11-12,15H,1-3,9-10,13-14H2,(H,27,28);1H/t15-;/m1./s1. The SMILES string of the molecule is Cl.O=C(O)[C@@H]1CCCN(CCC=C2c3cc(Cl)ccc3OCOc3ccc(Cl)cc32)C1. The van der Waals surface area contributed by atoms with Gasteiger partial charge in [-0.05, 0) is 67.8 Å². The molecule has 1 saturated heterocycles. The number of benzene rings is 2. The van der Waals surface area contributed by atoms with Crippen LogP contribution in [-0.2, 0) is 4.79 Å². The number of ether oxygens (including phenoxy) is 2. The Hall–Kier alpha value is -1.92. The van der Waals surface area contributed by atoms with Crippen LogP contribution in [0.25, 0.3) is 5.57 Å². The molecule has 2 aliphatic heterocycles. The molecular formula is C23H24Cl3NO4. The second-order valence-electron chi connectivity index (χ2n) is 7.57. The third kappa shape index (κ3) is 5.66. The maximum absolute atomic E-state index is 11.3. The number of hydrogen-bond acceptors (Lipinski definition) is 4. The summed E-state index contributed by atoms with van der Waals surface area (Å²) in [5.41, 5.74) is 2.71. The Bertz CT molecular complexity index is 924. The van der Waals surface area contributed by atoms with E-state index in [9.17, 15) is 9.90 Å². The number of rotatable bonds is 4. The highest BCUT2D eigenvalue weighted by Crippen LogP contribution is 2.40. The molecule has 0 aromatic heterocycles. The van der Waals surface area contributed by atoms with Crippen LogP contribution in [0.15, 0.2) is 42.5 Å². The summed E-state index contributed by atoms with van der Waals surface area (Å²) in [5.74, 6) is 0.397. The number of piperidine rings is 1. The molecule has 0 amide bonds. The fraction of sp³-hybridized carbons (Fsp3) is 0.348. The van der Waals surface area contributed by atoms with Crippen LogP contribution in [0.1, 0.15) is 30.4 Å². The molecule has 2 aromatic carbocycles. The van der Waals surface area contributed by atoms with Crippen molar-refractivity contribution in [1.29, 1.82) is 0 Å². The van der Waals surface area contributed by atoms with Crippen molar-refractivity contribution in [2.45, 2.75) is 19.3 Å². The summed E-state index contributed by atoms with van der Waals surface area (Å²) in [6, 6.07) is 11.0. The van der Waals surface area contributed by atoms with E-state index in [2.05, 4.69) is 11.0 Å². The molecule has 2 heterocycles. The summed E-state index contributed by atoms with van der Waals surface area (Å²) in [6.07, 6.45) is 4.54. The molecule has 1 fully saturated rings. The van der Waals surface area contributed by atoms with E-state index < -0.39 is 5.97 Å². The fourth-order valence-corrected chi connectivity index (χ4v) is 4.39. The lowest BCUT2D eigenvalue weighted by molar-refractivity contribution is -0.143. The van der Waals surface area contributed by atoms with Gasteiger partial charge in [-0.15, -0.1) is 12.4 Å². The molecule has 0 unspecified atom stereocenters. The number of carboxylic acids is 1. The first-order chi connectivity index (χ1) is 14.5. The van der Waals surface area contributed by atoms with Crippen molar-refractivity contribution in [1.82, 2.24) is 4.90 Å². The van der Waals surface area contributed by atoms with Gasteiger partial charge in [0.2, 0.25) is 6.79 Å². The topological polar surface area (TPSA) is 59.0 Å². The summed E-state index contributed by atoms with van der Waals surface area (Å²) >= 11 is 12.6. The molecule has 8 heteroatoms. The lowest BCUT2D eigenvalue weighted by atomic mass is 9.94. The van der Waals surface area contributed by atoms with E-state index in [1.54, 1.807) is 12.1 Å². The Morgan fingerprint density at radius 2 is 1.71 bits per heavy atom. The number of carboxylic acid groups (broad SMARTS) is 1. The Morgan fingerprint density at radius 1 is 1.10 bits per heavy atom. The van der Waals surface area contributed by atoms with E-state index in [-0.39, 0.29) is 25.1 Å². The van der Waals surface area contributed by atoms with Crippen molar-refractivity contribution in [2.75, 3.05) is 26.4 Å². The number of carbonyl (C=O) groups is 1. The van der Waals surface area contributed by atoms with Crippen molar-refractivity contribution in [3.05, 3.63) is 63.6 Å². The van der Waals surface area contributed by atoms with E-state index in [0.29, 0.717) is 28.1 Å². The van der Waals surface area contributed by atoms with E-state index in [4.69, 9.17) is 32.7 Å². The molecule has 4 rings (SSSR count). The van der Waals surface area contributed by atoms with Gasteiger partial charge in [0.05, 0.1) is 5.92 Å². The Morgan fingerprint density at radius 3 is 2.29 bits per heavy atom. The highest BCUT2D eigenvalue weighted by Gasteiger charge is 2.25. The van der Waals surface area contributed by atoms with Gasteiger partial charge in [-0.1, -0.05) is 29.3 Å². The van der Waals surface area contributed by atoms with Crippen LogP contribution >= 0.6 is 35.6 Å². The molecule has 1 atom stereocenters. The molecule has 2 aliphatic rings.